The molecule has 3 aliphatic rings. The molecule has 0 bridgehead atoms. The quantitative estimate of drug-likeness (QED) is 0.182. The van der Waals surface area contributed by atoms with E-state index in [-0.39, 0.29) is 11.3 Å². The summed E-state index contributed by atoms with van der Waals surface area (Å²) in [5.74, 6) is -9.72. The zero-order valence-corrected chi connectivity index (χ0v) is 24.1. The van der Waals surface area contributed by atoms with Crippen molar-refractivity contribution in [1.29, 1.82) is 0 Å². The summed E-state index contributed by atoms with van der Waals surface area (Å²) in [6, 6.07) is 2.37. The zero-order chi connectivity index (χ0) is 31.0. The molecule has 3 amide bonds. The molecule has 12 nitrogen and oxygen atoms in total. The molecule has 0 aromatic heterocycles. The van der Waals surface area contributed by atoms with E-state index in [1.165, 1.54) is 13.0 Å². The molecular formula is C29H41N3O9. The molecule has 0 heterocycles. The number of nitrogens with one attached hydrogen (secondary N) is 2. The molecule has 2 saturated carbocycles. The van der Waals surface area contributed by atoms with Gasteiger partial charge in [-0.1, -0.05) is 47.6 Å². The number of rotatable bonds is 5. The predicted molar refractivity (Wildman–Crippen MR) is 147 cm³/mol. The number of aromatic hydroxyl groups is 1. The normalized spacial score (nSPS) is 39.9. The molecule has 2 fully saturated rings. The van der Waals surface area contributed by atoms with E-state index in [9.17, 15) is 44.7 Å². The second kappa shape index (κ2) is 10.0. The zero-order valence-electron chi connectivity index (χ0n) is 24.1. The molecule has 1 aromatic carbocycles. The van der Waals surface area contributed by atoms with Crippen molar-refractivity contribution in [3.8, 4) is 5.75 Å². The molecule has 0 aliphatic heterocycles. The molecule has 2 unspecified atom stereocenters. The minimum Gasteiger partial charge on any atom is -0.505 e. The van der Waals surface area contributed by atoms with Gasteiger partial charge in [0.25, 0.3) is 0 Å². The van der Waals surface area contributed by atoms with Crippen LogP contribution in [0.5, 0.6) is 5.75 Å². The first-order valence-electron chi connectivity index (χ1n) is 14.0. The van der Waals surface area contributed by atoms with Crippen molar-refractivity contribution in [1.82, 2.24) is 5.32 Å². The second-order valence-corrected chi connectivity index (χ2v) is 12.6. The summed E-state index contributed by atoms with van der Waals surface area (Å²) >= 11 is 0. The number of aliphatic hydroxyl groups excluding tert-OH is 3. The summed E-state index contributed by atoms with van der Waals surface area (Å²) < 4.78 is 0. The molecule has 4 rings (SSSR count). The fraction of sp³-hybridized carbons (Fsp3) is 0.655. The minimum absolute atomic E-state index is 0.0681. The highest BCUT2D eigenvalue weighted by molar-refractivity contribution is 6.10. The van der Waals surface area contributed by atoms with Crippen LogP contribution in [0.3, 0.4) is 0 Å². The Morgan fingerprint density at radius 1 is 1.12 bits per heavy atom. The average molecular weight is 576 g/mol. The Morgan fingerprint density at radius 3 is 2.27 bits per heavy atom. The Labute approximate surface area is 238 Å². The third kappa shape index (κ3) is 3.80. The number of carbonyl (C=O) groups excluding carboxylic acids is 4. The Kier molecular flexibility index (Phi) is 7.56. The molecule has 1 aromatic rings. The SMILES string of the molecule is CCCNC(=O)Nc1ccc2c(c1O)C(=O)[C@@H]1C(O)[C@@]3(O)C(=O)[C@H](C(N)=O)C(O)[C@H](C(C)C)[C@@]3(C)[C@H](O)[C@@]1(C)[C@@H]2C. The minimum atomic E-state index is -2.86. The van der Waals surface area contributed by atoms with Gasteiger partial charge in [0, 0.05) is 17.4 Å². The predicted octanol–water partition coefficient (Wildman–Crippen LogP) is 0.636. The van der Waals surface area contributed by atoms with Crippen molar-refractivity contribution in [2.45, 2.75) is 77.8 Å². The van der Waals surface area contributed by atoms with Gasteiger partial charge < -0.3 is 41.9 Å². The van der Waals surface area contributed by atoms with Crippen molar-refractivity contribution >= 4 is 29.2 Å². The smallest absolute Gasteiger partial charge is 0.319 e. The number of carbonyl (C=O) groups is 4. The number of anilines is 1. The number of amides is 3. The van der Waals surface area contributed by atoms with Crippen molar-refractivity contribution in [2.75, 3.05) is 11.9 Å². The van der Waals surface area contributed by atoms with E-state index in [4.69, 9.17) is 5.73 Å². The maximum absolute atomic E-state index is 14.2. The fourth-order valence-electron chi connectivity index (χ4n) is 8.27. The first kappa shape index (κ1) is 30.9. The molecule has 3 aliphatic carbocycles. The monoisotopic (exact) mass is 575 g/mol. The van der Waals surface area contributed by atoms with Gasteiger partial charge >= 0.3 is 6.03 Å². The maximum Gasteiger partial charge on any atom is 0.319 e. The van der Waals surface area contributed by atoms with Crippen LogP contribution in [0.25, 0.3) is 0 Å². The summed E-state index contributed by atoms with van der Waals surface area (Å²) in [5.41, 5.74) is -0.751. The third-order valence-corrected chi connectivity index (χ3v) is 10.4. The van der Waals surface area contributed by atoms with Crippen molar-refractivity contribution in [3.05, 3.63) is 23.3 Å². The molecular weight excluding hydrogens is 534 g/mol. The molecule has 0 radical (unpaired) electrons. The largest absolute Gasteiger partial charge is 0.505 e. The lowest BCUT2D eigenvalue weighted by atomic mass is 9.36. The highest BCUT2D eigenvalue weighted by Crippen LogP contribution is 2.68. The first-order valence-corrected chi connectivity index (χ1v) is 14.0. The van der Waals surface area contributed by atoms with Crippen LogP contribution >= 0.6 is 0 Å². The second-order valence-electron chi connectivity index (χ2n) is 12.6. The molecule has 12 heteroatoms. The van der Waals surface area contributed by atoms with Crippen LogP contribution in [0.1, 0.15) is 69.8 Å². The Morgan fingerprint density at radius 2 is 1.73 bits per heavy atom. The lowest BCUT2D eigenvalue weighted by molar-refractivity contribution is -0.306. The van der Waals surface area contributed by atoms with Crippen LogP contribution < -0.4 is 16.4 Å². The molecule has 226 valence electrons. The fourth-order valence-corrected chi connectivity index (χ4v) is 8.27. The molecule has 9 N–H and O–H groups in total. The molecule has 41 heavy (non-hydrogen) atoms. The van der Waals surface area contributed by atoms with Gasteiger partial charge in [0.2, 0.25) is 5.91 Å². The van der Waals surface area contributed by atoms with Gasteiger partial charge in [0.15, 0.2) is 17.2 Å². The number of Topliss-reactive ketones (excluding diaryl/α,β-unsaturated/α-hetero) is 2. The summed E-state index contributed by atoms with van der Waals surface area (Å²) in [4.78, 5) is 52.6. The van der Waals surface area contributed by atoms with Gasteiger partial charge in [-0.2, -0.15) is 0 Å². The number of fused-ring (bicyclic) bond motifs is 3. The highest BCUT2D eigenvalue weighted by Gasteiger charge is 2.80. The van der Waals surface area contributed by atoms with Gasteiger partial charge in [-0.05, 0) is 35.8 Å². The maximum atomic E-state index is 14.2. The standard InChI is InChI=1S/C29H41N3O9/c1-7-10-31-26(40)32-14-9-8-13-12(4)27(5)18(20(34)15(13)19(14)33)23(37)29(41)22(36)16(24(30)38)21(35)17(11(2)3)28(29,6)25(27)39/h8-9,11-12,16-18,21,23,25,33,35,37,39,41H,7,10H2,1-6H3,(H2,30,38)(H2,31,32,40)/t12-,16-,17+,18-,21?,23?,25-,27+,28+,29+/m1/s1. The van der Waals surface area contributed by atoms with Gasteiger partial charge in [-0.3, -0.25) is 14.4 Å². The number of hydrogen-bond acceptors (Lipinski definition) is 9. The van der Waals surface area contributed by atoms with E-state index in [2.05, 4.69) is 10.6 Å². The summed E-state index contributed by atoms with van der Waals surface area (Å²) in [5, 5.41) is 63.8. The Bertz CT molecular complexity index is 1300. The lowest BCUT2D eigenvalue weighted by Crippen LogP contribution is -2.83. The number of primary amides is 1. The lowest BCUT2D eigenvalue weighted by Gasteiger charge is -2.69. The van der Waals surface area contributed by atoms with Crippen LogP contribution in [0, 0.1) is 34.5 Å². The number of aliphatic hydroxyl groups is 4. The van der Waals surface area contributed by atoms with Crippen LogP contribution in [0.2, 0.25) is 0 Å². The molecule has 10 atom stereocenters. The van der Waals surface area contributed by atoms with E-state index in [0.29, 0.717) is 18.5 Å². The third-order valence-electron chi connectivity index (χ3n) is 10.4. The van der Waals surface area contributed by atoms with Crippen molar-refractivity contribution in [2.24, 2.45) is 40.2 Å². The molecule has 0 saturated heterocycles. The number of phenolic OH excluding ortho intramolecular Hbond substituents is 1. The molecule has 0 spiro atoms. The van der Waals surface area contributed by atoms with E-state index in [0.717, 1.165) is 0 Å². The van der Waals surface area contributed by atoms with Gasteiger partial charge in [0.1, 0.15) is 17.8 Å². The number of hydrogen-bond donors (Lipinski definition) is 8. The number of benzene rings is 1. The van der Waals surface area contributed by atoms with Crippen LogP contribution in [0.4, 0.5) is 10.5 Å². The topological polar surface area (TPSA) is 220 Å². The van der Waals surface area contributed by atoms with Crippen LogP contribution in [-0.4, -0.2) is 79.5 Å². The summed E-state index contributed by atoms with van der Waals surface area (Å²) in [7, 11) is 0. The number of phenols is 1. The van der Waals surface area contributed by atoms with E-state index in [1.54, 1.807) is 33.8 Å². The average Bonchev–Trinajstić information content (AvgIpc) is 2.88. The highest BCUT2D eigenvalue weighted by atomic mass is 16.4. The van der Waals surface area contributed by atoms with Crippen LogP contribution in [0.15, 0.2) is 12.1 Å². The van der Waals surface area contributed by atoms with Crippen molar-refractivity contribution in [3.63, 3.8) is 0 Å². The Hall–Kier alpha value is -3.06. The van der Waals surface area contributed by atoms with E-state index >= 15 is 0 Å². The Balaban J connectivity index is 1.94. The van der Waals surface area contributed by atoms with E-state index in [1.807, 2.05) is 6.92 Å². The van der Waals surface area contributed by atoms with Crippen LogP contribution in [-0.2, 0) is 9.59 Å². The van der Waals surface area contributed by atoms with Gasteiger partial charge in [-0.25, -0.2) is 4.79 Å². The van der Waals surface area contributed by atoms with Crippen molar-refractivity contribution < 1.29 is 44.7 Å². The summed E-state index contributed by atoms with van der Waals surface area (Å²) in [6.45, 7) is 10.3. The van der Waals surface area contributed by atoms with E-state index < -0.39 is 93.6 Å². The number of urea groups is 1. The van der Waals surface area contributed by atoms with Gasteiger partial charge in [-0.15, -0.1) is 0 Å². The summed E-state index contributed by atoms with van der Waals surface area (Å²) in [6.07, 6.45) is -4.78. The number of nitrogens with two attached hydrogens (primary N) is 1. The van der Waals surface area contributed by atoms with Gasteiger partial charge in [0.05, 0.1) is 29.4 Å². The first-order chi connectivity index (χ1) is 18.9. The number of ketones is 2.